The molecule has 3 heteroatoms. The van der Waals surface area contributed by atoms with E-state index in [4.69, 9.17) is 10.5 Å². The molecule has 0 aromatic heterocycles. The first kappa shape index (κ1) is 13.8. The lowest BCUT2D eigenvalue weighted by molar-refractivity contribution is 0.299. The largest absolute Gasteiger partial charge is 0.493 e. The average molecular weight is 282 g/mol. The molecule has 1 aliphatic rings. The van der Waals surface area contributed by atoms with Crippen LogP contribution in [0.5, 0.6) is 5.75 Å². The van der Waals surface area contributed by atoms with Gasteiger partial charge >= 0.3 is 0 Å². The van der Waals surface area contributed by atoms with Crippen molar-refractivity contribution in [2.24, 2.45) is 5.92 Å². The molecule has 3 N–H and O–H groups in total. The zero-order valence-corrected chi connectivity index (χ0v) is 12.4. The van der Waals surface area contributed by atoms with Gasteiger partial charge in [-0.2, -0.15) is 0 Å². The fourth-order valence-corrected chi connectivity index (χ4v) is 2.26. The smallest absolute Gasteiger partial charge is 0.119 e. The van der Waals surface area contributed by atoms with E-state index >= 15 is 0 Å². The Labute approximate surface area is 126 Å². The fraction of sp³-hybridized carbons (Fsp3) is 0.333. The standard InChI is InChI=1S/C18H22N2O/c1-13-10-17(21-12-15-2-3-15)8-9-18(13)20-11-14-4-6-16(19)7-5-14/h4-10,15,20H,2-3,11-12,19H2,1H3. The number of nitrogen functional groups attached to an aromatic ring is 1. The van der Waals surface area contributed by atoms with Crippen molar-refractivity contribution < 1.29 is 4.74 Å². The number of anilines is 2. The first-order chi connectivity index (χ1) is 10.2. The van der Waals surface area contributed by atoms with Gasteiger partial charge in [0.2, 0.25) is 0 Å². The van der Waals surface area contributed by atoms with Crippen LogP contribution in [0, 0.1) is 12.8 Å². The second-order valence-corrected chi connectivity index (χ2v) is 5.83. The summed E-state index contributed by atoms with van der Waals surface area (Å²) < 4.78 is 5.80. The lowest BCUT2D eigenvalue weighted by atomic mass is 10.1. The zero-order valence-electron chi connectivity index (χ0n) is 12.4. The van der Waals surface area contributed by atoms with E-state index in [0.717, 1.165) is 36.2 Å². The van der Waals surface area contributed by atoms with Crippen molar-refractivity contribution in [3.05, 3.63) is 53.6 Å². The van der Waals surface area contributed by atoms with Crippen LogP contribution < -0.4 is 15.8 Å². The number of hydrogen-bond acceptors (Lipinski definition) is 3. The molecule has 0 radical (unpaired) electrons. The van der Waals surface area contributed by atoms with E-state index in [0.29, 0.717) is 0 Å². The molecular weight excluding hydrogens is 260 g/mol. The van der Waals surface area contributed by atoms with Crippen molar-refractivity contribution in [2.45, 2.75) is 26.3 Å². The molecule has 0 aliphatic heterocycles. The first-order valence-electron chi connectivity index (χ1n) is 7.52. The van der Waals surface area contributed by atoms with Crippen LogP contribution >= 0.6 is 0 Å². The third kappa shape index (κ3) is 3.91. The van der Waals surface area contributed by atoms with Gasteiger partial charge in [0.05, 0.1) is 6.61 Å². The number of nitrogens with one attached hydrogen (secondary N) is 1. The number of benzene rings is 2. The highest BCUT2D eigenvalue weighted by Crippen LogP contribution is 2.30. The Balaban J connectivity index is 1.58. The molecule has 0 spiro atoms. The zero-order chi connectivity index (χ0) is 14.7. The Hall–Kier alpha value is -2.16. The molecule has 2 aromatic carbocycles. The molecular formula is C18H22N2O. The number of ether oxygens (including phenoxy) is 1. The second kappa shape index (κ2) is 6.08. The van der Waals surface area contributed by atoms with Gasteiger partial charge in [0.15, 0.2) is 0 Å². The summed E-state index contributed by atoms with van der Waals surface area (Å²) >= 11 is 0. The molecule has 1 aliphatic carbocycles. The number of rotatable bonds is 6. The molecule has 0 unspecified atom stereocenters. The highest BCUT2D eigenvalue weighted by atomic mass is 16.5. The van der Waals surface area contributed by atoms with Gasteiger partial charge in [-0.25, -0.2) is 0 Å². The molecule has 0 atom stereocenters. The minimum absolute atomic E-state index is 0.786. The van der Waals surface area contributed by atoms with E-state index in [2.05, 4.69) is 24.4 Å². The number of nitrogens with two attached hydrogens (primary N) is 1. The van der Waals surface area contributed by atoms with Crippen LogP contribution in [0.1, 0.15) is 24.0 Å². The molecule has 3 rings (SSSR count). The van der Waals surface area contributed by atoms with E-state index in [9.17, 15) is 0 Å². The summed E-state index contributed by atoms with van der Waals surface area (Å²) in [5.41, 5.74) is 10.1. The van der Waals surface area contributed by atoms with Crippen molar-refractivity contribution in [1.29, 1.82) is 0 Å². The van der Waals surface area contributed by atoms with Crippen molar-refractivity contribution in [3.8, 4) is 5.75 Å². The average Bonchev–Trinajstić information content (AvgIpc) is 3.30. The SMILES string of the molecule is Cc1cc(OCC2CC2)ccc1NCc1ccc(N)cc1. The van der Waals surface area contributed by atoms with Gasteiger partial charge in [-0.1, -0.05) is 12.1 Å². The van der Waals surface area contributed by atoms with Gasteiger partial charge in [-0.3, -0.25) is 0 Å². The quantitative estimate of drug-likeness (QED) is 0.788. The lowest BCUT2D eigenvalue weighted by Gasteiger charge is -2.12. The molecule has 0 amide bonds. The van der Waals surface area contributed by atoms with Gasteiger partial charge in [0.1, 0.15) is 5.75 Å². The van der Waals surface area contributed by atoms with E-state index < -0.39 is 0 Å². The monoisotopic (exact) mass is 282 g/mol. The van der Waals surface area contributed by atoms with Crippen LogP contribution in [0.3, 0.4) is 0 Å². The van der Waals surface area contributed by atoms with E-state index in [-0.39, 0.29) is 0 Å². The van der Waals surface area contributed by atoms with Crippen LogP contribution in [0.4, 0.5) is 11.4 Å². The maximum atomic E-state index is 5.80. The predicted octanol–water partition coefficient (Wildman–Crippen LogP) is 3.98. The summed E-state index contributed by atoms with van der Waals surface area (Å²) in [7, 11) is 0. The molecule has 1 saturated carbocycles. The van der Waals surface area contributed by atoms with Gasteiger partial charge in [0.25, 0.3) is 0 Å². The van der Waals surface area contributed by atoms with Crippen LogP contribution in [-0.2, 0) is 6.54 Å². The fourth-order valence-electron chi connectivity index (χ4n) is 2.26. The highest BCUT2D eigenvalue weighted by molar-refractivity contribution is 5.54. The molecule has 0 saturated heterocycles. The molecule has 0 bridgehead atoms. The van der Waals surface area contributed by atoms with Gasteiger partial charge in [-0.15, -0.1) is 0 Å². The Bertz CT molecular complexity index is 603. The summed E-state index contributed by atoms with van der Waals surface area (Å²) in [4.78, 5) is 0. The Morgan fingerprint density at radius 2 is 1.90 bits per heavy atom. The summed E-state index contributed by atoms with van der Waals surface area (Å²) in [5.74, 6) is 1.76. The third-order valence-corrected chi connectivity index (χ3v) is 3.84. The van der Waals surface area contributed by atoms with Crippen LogP contribution in [0.2, 0.25) is 0 Å². The minimum atomic E-state index is 0.786. The molecule has 1 fully saturated rings. The highest BCUT2D eigenvalue weighted by Gasteiger charge is 2.21. The van der Waals surface area contributed by atoms with Gasteiger partial charge < -0.3 is 15.8 Å². The summed E-state index contributed by atoms with van der Waals surface area (Å²) in [5, 5.41) is 3.46. The second-order valence-electron chi connectivity index (χ2n) is 5.83. The molecule has 0 heterocycles. The molecule has 110 valence electrons. The van der Waals surface area contributed by atoms with Crippen molar-refractivity contribution in [2.75, 3.05) is 17.7 Å². The van der Waals surface area contributed by atoms with E-state index in [1.54, 1.807) is 0 Å². The van der Waals surface area contributed by atoms with Gasteiger partial charge in [0, 0.05) is 17.9 Å². The van der Waals surface area contributed by atoms with E-state index in [1.807, 2.05) is 30.3 Å². The number of hydrogen-bond donors (Lipinski definition) is 2. The summed E-state index contributed by atoms with van der Waals surface area (Å²) in [6.45, 7) is 3.76. The molecule has 3 nitrogen and oxygen atoms in total. The molecule has 21 heavy (non-hydrogen) atoms. The normalized spacial score (nSPS) is 14.0. The van der Waals surface area contributed by atoms with Crippen LogP contribution in [-0.4, -0.2) is 6.61 Å². The summed E-state index contributed by atoms with van der Waals surface area (Å²) in [6, 6.07) is 14.2. The Kier molecular flexibility index (Phi) is 4.00. The van der Waals surface area contributed by atoms with E-state index in [1.165, 1.54) is 24.0 Å². The summed E-state index contributed by atoms with van der Waals surface area (Å²) in [6.07, 6.45) is 2.64. The van der Waals surface area contributed by atoms with Crippen molar-refractivity contribution in [1.82, 2.24) is 0 Å². The lowest BCUT2D eigenvalue weighted by Crippen LogP contribution is -2.03. The maximum Gasteiger partial charge on any atom is 0.119 e. The Morgan fingerprint density at radius 3 is 2.57 bits per heavy atom. The topological polar surface area (TPSA) is 47.3 Å². The molecule has 2 aromatic rings. The maximum absolute atomic E-state index is 5.80. The van der Waals surface area contributed by atoms with Crippen molar-refractivity contribution in [3.63, 3.8) is 0 Å². The first-order valence-corrected chi connectivity index (χ1v) is 7.52. The number of aryl methyl sites for hydroxylation is 1. The van der Waals surface area contributed by atoms with Crippen LogP contribution in [0.15, 0.2) is 42.5 Å². The van der Waals surface area contributed by atoms with Crippen molar-refractivity contribution >= 4 is 11.4 Å². The van der Waals surface area contributed by atoms with Gasteiger partial charge in [-0.05, 0) is 67.1 Å². The van der Waals surface area contributed by atoms with Crippen LogP contribution in [0.25, 0.3) is 0 Å². The Morgan fingerprint density at radius 1 is 1.14 bits per heavy atom. The predicted molar refractivity (Wildman–Crippen MR) is 87.6 cm³/mol. The third-order valence-electron chi connectivity index (χ3n) is 3.84. The minimum Gasteiger partial charge on any atom is -0.493 e.